The second-order valence-electron chi connectivity index (χ2n) is 4.94. The Kier molecular flexibility index (Phi) is 6.89. The van der Waals surface area contributed by atoms with Gasteiger partial charge in [0.15, 0.2) is 0 Å². The summed E-state index contributed by atoms with van der Waals surface area (Å²) in [6, 6.07) is 6.12. The van der Waals surface area contributed by atoms with Crippen LogP contribution in [0.5, 0.6) is 0 Å². The number of halogens is 1. The molecule has 2 rings (SSSR count). The second kappa shape index (κ2) is 8.18. The lowest BCUT2D eigenvalue weighted by Gasteiger charge is -2.16. The lowest BCUT2D eigenvalue weighted by atomic mass is 9.90. The van der Waals surface area contributed by atoms with Gasteiger partial charge in [0.1, 0.15) is 0 Å². The molecule has 0 saturated carbocycles. The van der Waals surface area contributed by atoms with E-state index in [1.807, 2.05) is 6.07 Å². The summed E-state index contributed by atoms with van der Waals surface area (Å²) in [7, 11) is 0. The van der Waals surface area contributed by atoms with Crippen LogP contribution in [0.3, 0.4) is 0 Å². The molecule has 0 aliphatic heterocycles. The third-order valence-electron chi connectivity index (χ3n) is 3.53. The maximum absolute atomic E-state index is 12.0. The van der Waals surface area contributed by atoms with E-state index in [9.17, 15) is 4.79 Å². The third kappa shape index (κ3) is 4.51. The molecule has 19 heavy (non-hydrogen) atoms. The lowest BCUT2D eigenvalue weighted by Crippen LogP contribution is -2.25. The van der Waals surface area contributed by atoms with Crippen LogP contribution in [0, 0.1) is 0 Å². The zero-order chi connectivity index (χ0) is 12.8. The highest BCUT2D eigenvalue weighted by molar-refractivity contribution is 5.94. The highest BCUT2D eigenvalue weighted by Gasteiger charge is 2.12. The van der Waals surface area contributed by atoms with E-state index in [4.69, 9.17) is 5.73 Å². The van der Waals surface area contributed by atoms with Gasteiger partial charge in [-0.25, -0.2) is 0 Å². The van der Waals surface area contributed by atoms with Gasteiger partial charge in [0, 0.05) is 12.1 Å². The summed E-state index contributed by atoms with van der Waals surface area (Å²) >= 11 is 0. The average Bonchev–Trinajstić information content (AvgIpc) is 2.43. The Morgan fingerprint density at radius 1 is 1.16 bits per heavy atom. The first kappa shape index (κ1) is 16.0. The minimum absolute atomic E-state index is 0. The van der Waals surface area contributed by atoms with Gasteiger partial charge in [-0.3, -0.25) is 4.79 Å². The highest BCUT2D eigenvalue weighted by Crippen LogP contribution is 2.22. The molecule has 0 bridgehead atoms. The molecule has 3 N–H and O–H groups in total. The van der Waals surface area contributed by atoms with Crippen molar-refractivity contribution >= 4 is 18.3 Å². The molecule has 0 unspecified atom stereocenters. The van der Waals surface area contributed by atoms with Gasteiger partial charge in [0.25, 0.3) is 5.91 Å². The van der Waals surface area contributed by atoms with Crippen molar-refractivity contribution in [3.63, 3.8) is 0 Å². The van der Waals surface area contributed by atoms with Gasteiger partial charge >= 0.3 is 0 Å². The molecule has 4 heteroatoms. The van der Waals surface area contributed by atoms with Crippen molar-refractivity contribution in [1.82, 2.24) is 5.32 Å². The van der Waals surface area contributed by atoms with Crippen molar-refractivity contribution < 1.29 is 4.79 Å². The smallest absolute Gasteiger partial charge is 0.251 e. The highest BCUT2D eigenvalue weighted by atomic mass is 35.5. The van der Waals surface area contributed by atoms with E-state index in [-0.39, 0.29) is 18.3 Å². The Morgan fingerprint density at radius 2 is 1.89 bits per heavy atom. The standard InChI is InChI=1S/C15H22N2O.ClH/c16-9-3-4-10-17-15(18)14-8-7-12-5-1-2-6-13(12)11-14;/h7-8,11H,1-6,9-10,16H2,(H,17,18);1H. The van der Waals surface area contributed by atoms with Crippen molar-refractivity contribution in [3.8, 4) is 0 Å². The Hall–Kier alpha value is -1.06. The molecule has 0 saturated heterocycles. The number of nitrogens with one attached hydrogen (secondary N) is 1. The first-order valence-corrected chi connectivity index (χ1v) is 6.91. The normalized spacial score (nSPS) is 13.3. The quantitative estimate of drug-likeness (QED) is 0.815. The topological polar surface area (TPSA) is 55.1 Å². The molecule has 106 valence electrons. The second-order valence-corrected chi connectivity index (χ2v) is 4.94. The van der Waals surface area contributed by atoms with Crippen LogP contribution < -0.4 is 11.1 Å². The molecule has 0 aromatic heterocycles. The van der Waals surface area contributed by atoms with Crippen LogP contribution >= 0.6 is 12.4 Å². The van der Waals surface area contributed by atoms with Crippen LogP contribution in [0.25, 0.3) is 0 Å². The third-order valence-corrected chi connectivity index (χ3v) is 3.53. The summed E-state index contributed by atoms with van der Waals surface area (Å²) in [5.41, 5.74) is 8.99. The zero-order valence-corrected chi connectivity index (χ0v) is 12.1. The van der Waals surface area contributed by atoms with E-state index in [0.717, 1.165) is 31.2 Å². The van der Waals surface area contributed by atoms with Gasteiger partial charge in [-0.2, -0.15) is 0 Å². The Balaban J connectivity index is 0.00000180. The van der Waals surface area contributed by atoms with Gasteiger partial charge in [0.05, 0.1) is 0 Å². The summed E-state index contributed by atoms with van der Waals surface area (Å²) in [4.78, 5) is 12.0. The Bertz CT molecular complexity index is 421. The number of carbonyl (C=O) groups is 1. The number of unbranched alkanes of at least 4 members (excludes halogenated alkanes) is 1. The number of amides is 1. The molecule has 0 heterocycles. The largest absolute Gasteiger partial charge is 0.352 e. The van der Waals surface area contributed by atoms with Crippen LogP contribution in [0.1, 0.15) is 47.2 Å². The molecular weight excluding hydrogens is 260 g/mol. The number of fused-ring (bicyclic) bond motifs is 1. The molecule has 1 aromatic carbocycles. The summed E-state index contributed by atoms with van der Waals surface area (Å²) in [5, 5.41) is 2.95. The van der Waals surface area contributed by atoms with Crippen LogP contribution in [0.2, 0.25) is 0 Å². The van der Waals surface area contributed by atoms with Crippen molar-refractivity contribution in [2.45, 2.75) is 38.5 Å². The number of carbonyl (C=O) groups excluding carboxylic acids is 1. The number of rotatable bonds is 5. The maximum Gasteiger partial charge on any atom is 0.251 e. The SMILES string of the molecule is Cl.NCCCCNC(=O)c1ccc2c(c1)CCCC2. The average molecular weight is 283 g/mol. The van der Waals surface area contributed by atoms with E-state index in [2.05, 4.69) is 17.4 Å². The molecule has 1 aliphatic rings. The summed E-state index contributed by atoms with van der Waals surface area (Å²) in [6.45, 7) is 1.40. The van der Waals surface area contributed by atoms with Gasteiger partial charge in [0.2, 0.25) is 0 Å². The predicted octanol–water partition coefficient (Wildman–Crippen LogP) is 2.46. The molecule has 3 nitrogen and oxygen atoms in total. The summed E-state index contributed by atoms with van der Waals surface area (Å²) in [6.07, 6.45) is 6.71. The monoisotopic (exact) mass is 282 g/mol. The van der Waals surface area contributed by atoms with E-state index < -0.39 is 0 Å². The minimum Gasteiger partial charge on any atom is -0.352 e. The van der Waals surface area contributed by atoms with E-state index in [1.165, 1.54) is 24.0 Å². The molecule has 0 radical (unpaired) electrons. The van der Waals surface area contributed by atoms with Gasteiger partial charge in [-0.15, -0.1) is 12.4 Å². The fourth-order valence-electron chi connectivity index (χ4n) is 2.45. The van der Waals surface area contributed by atoms with Crippen molar-refractivity contribution in [2.24, 2.45) is 5.73 Å². The van der Waals surface area contributed by atoms with Gasteiger partial charge in [-0.05, 0) is 68.3 Å². The molecule has 0 fully saturated rings. The Labute approximate surface area is 121 Å². The van der Waals surface area contributed by atoms with E-state index >= 15 is 0 Å². The first-order chi connectivity index (χ1) is 8.81. The Morgan fingerprint density at radius 3 is 2.63 bits per heavy atom. The number of nitrogens with two attached hydrogens (primary N) is 1. The number of hydrogen-bond donors (Lipinski definition) is 2. The zero-order valence-electron chi connectivity index (χ0n) is 11.3. The van der Waals surface area contributed by atoms with E-state index in [1.54, 1.807) is 0 Å². The van der Waals surface area contributed by atoms with E-state index in [0.29, 0.717) is 13.1 Å². The maximum atomic E-state index is 12.0. The number of benzene rings is 1. The molecule has 1 aromatic rings. The fourth-order valence-corrected chi connectivity index (χ4v) is 2.45. The van der Waals surface area contributed by atoms with Crippen LogP contribution in [0.15, 0.2) is 18.2 Å². The number of aryl methyl sites for hydroxylation is 2. The van der Waals surface area contributed by atoms with Crippen molar-refractivity contribution in [1.29, 1.82) is 0 Å². The minimum atomic E-state index is 0. The summed E-state index contributed by atoms with van der Waals surface area (Å²) < 4.78 is 0. The van der Waals surface area contributed by atoms with Crippen molar-refractivity contribution in [3.05, 3.63) is 34.9 Å². The molecule has 1 aliphatic carbocycles. The molecular formula is C15H23ClN2O. The first-order valence-electron chi connectivity index (χ1n) is 6.91. The van der Waals surface area contributed by atoms with Gasteiger partial charge < -0.3 is 11.1 Å². The van der Waals surface area contributed by atoms with Crippen LogP contribution in [0.4, 0.5) is 0 Å². The molecule has 1 amide bonds. The summed E-state index contributed by atoms with van der Waals surface area (Å²) in [5.74, 6) is 0.0420. The van der Waals surface area contributed by atoms with Crippen LogP contribution in [-0.2, 0) is 12.8 Å². The predicted molar refractivity (Wildman–Crippen MR) is 81.0 cm³/mol. The lowest BCUT2D eigenvalue weighted by molar-refractivity contribution is 0.0953. The van der Waals surface area contributed by atoms with Gasteiger partial charge in [-0.1, -0.05) is 6.07 Å². The number of hydrogen-bond acceptors (Lipinski definition) is 2. The van der Waals surface area contributed by atoms with Crippen molar-refractivity contribution in [2.75, 3.05) is 13.1 Å². The van der Waals surface area contributed by atoms with Crippen LogP contribution in [-0.4, -0.2) is 19.0 Å². The fraction of sp³-hybridized carbons (Fsp3) is 0.533. The molecule has 0 spiro atoms. The molecule has 0 atom stereocenters.